The third kappa shape index (κ3) is 4.66. The van der Waals surface area contributed by atoms with Gasteiger partial charge in [0.25, 0.3) is 0 Å². The van der Waals surface area contributed by atoms with Crippen LogP contribution < -0.4 is 0 Å². The first-order chi connectivity index (χ1) is 9.97. The van der Waals surface area contributed by atoms with Gasteiger partial charge in [-0.2, -0.15) is 0 Å². The summed E-state index contributed by atoms with van der Waals surface area (Å²) in [4.78, 5) is 14.1. The lowest BCUT2D eigenvalue weighted by Gasteiger charge is -2.35. The summed E-state index contributed by atoms with van der Waals surface area (Å²) in [5, 5.41) is 19.0. The van der Waals surface area contributed by atoms with Crippen LogP contribution in [0.25, 0.3) is 0 Å². The average molecular weight is 329 g/mol. The zero-order chi connectivity index (χ0) is 15.4. The Hall–Kier alpha value is -0.660. The Bertz CT molecular complexity index is 471. The molecule has 0 aliphatic carbocycles. The molecule has 0 unspecified atom stereocenters. The molecule has 2 rings (SSSR count). The maximum Gasteiger partial charge on any atom is 0.233 e. The van der Waals surface area contributed by atoms with E-state index in [-0.39, 0.29) is 17.9 Å². The highest BCUT2D eigenvalue weighted by Crippen LogP contribution is 2.26. The maximum absolute atomic E-state index is 12.2. The summed E-state index contributed by atoms with van der Waals surface area (Å²) in [5.74, 6) is 1.19. The molecule has 1 amide bonds. The van der Waals surface area contributed by atoms with Crippen molar-refractivity contribution < 1.29 is 9.90 Å². The minimum absolute atomic E-state index is 0.158. The highest BCUT2D eigenvalue weighted by molar-refractivity contribution is 8.01. The van der Waals surface area contributed by atoms with Crippen molar-refractivity contribution >= 4 is 29.0 Å². The molecular weight excluding hydrogens is 306 g/mol. The largest absolute Gasteiger partial charge is 0.393 e. The van der Waals surface area contributed by atoms with Crippen LogP contribution in [0.15, 0.2) is 4.34 Å². The van der Waals surface area contributed by atoms with Crippen LogP contribution in [0.5, 0.6) is 0 Å². The number of aliphatic hydroxyl groups excluding tert-OH is 1. The molecule has 1 atom stereocenters. The first kappa shape index (κ1) is 16.7. The van der Waals surface area contributed by atoms with Crippen LogP contribution in [0.1, 0.15) is 31.7 Å². The maximum atomic E-state index is 12.2. The van der Waals surface area contributed by atoms with Crippen LogP contribution in [-0.2, 0) is 4.79 Å². The Kier molecular flexibility index (Phi) is 6.01. The van der Waals surface area contributed by atoms with Crippen molar-refractivity contribution in [1.82, 2.24) is 15.1 Å². The quantitative estimate of drug-likeness (QED) is 0.839. The van der Waals surface area contributed by atoms with Gasteiger partial charge in [-0.15, -0.1) is 10.2 Å². The molecular formula is C14H23N3O2S2. The standard InChI is InChI=1S/C14H23N3O2S2/c1-9(2)13(19)11-4-6-17(7-5-11)12(18)8-20-14-16-15-10(3)21-14/h9,11,13,19H,4-8H2,1-3H3/t13-/m1/s1. The van der Waals surface area contributed by atoms with E-state index in [0.29, 0.717) is 11.7 Å². The van der Waals surface area contributed by atoms with Crippen LogP contribution in [0.3, 0.4) is 0 Å². The van der Waals surface area contributed by atoms with Gasteiger partial charge < -0.3 is 10.0 Å². The van der Waals surface area contributed by atoms with E-state index in [2.05, 4.69) is 10.2 Å². The van der Waals surface area contributed by atoms with Gasteiger partial charge in [-0.3, -0.25) is 4.79 Å². The van der Waals surface area contributed by atoms with E-state index in [4.69, 9.17) is 0 Å². The predicted molar refractivity (Wildman–Crippen MR) is 85.5 cm³/mol. The Labute approximate surface area is 134 Å². The monoisotopic (exact) mass is 329 g/mol. The van der Waals surface area contributed by atoms with Crippen molar-refractivity contribution in [2.45, 2.75) is 44.1 Å². The molecule has 1 aromatic rings. The number of nitrogens with zero attached hydrogens (tertiary/aromatic N) is 3. The van der Waals surface area contributed by atoms with E-state index in [1.807, 2.05) is 25.7 Å². The summed E-state index contributed by atoms with van der Waals surface area (Å²) < 4.78 is 0.853. The summed E-state index contributed by atoms with van der Waals surface area (Å²) in [5.41, 5.74) is 0. The lowest BCUT2D eigenvalue weighted by Crippen LogP contribution is -2.43. The van der Waals surface area contributed by atoms with E-state index >= 15 is 0 Å². The SMILES string of the molecule is Cc1nnc(SCC(=O)N2CCC([C@H](O)C(C)C)CC2)s1. The van der Waals surface area contributed by atoms with Gasteiger partial charge in [-0.25, -0.2) is 0 Å². The van der Waals surface area contributed by atoms with Crippen molar-refractivity contribution in [2.24, 2.45) is 11.8 Å². The van der Waals surface area contributed by atoms with Crippen LogP contribution in [0.2, 0.25) is 0 Å². The topological polar surface area (TPSA) is 66.3 Å². The second-order valence-corrected chi connectivity index (χ2v) is 8.23. The fourth-order valence-corrected chi connectivity index (χ4v) is 4.30. The lowest BCUT2D eigenvalue weighted by atomic mass is 9.86. The first-order valence-corrected chi connectivity index (χ1v) is 9.16. The number of hydrogen-bond acceptors (Lipinski definition) is 6. The van der Waals surface area contributed by atoms with Gasteiger partial charge >= 0.3 is 0 Å². The molecule has 7 heteroatoms. The van der Waals surface area contributed by atoms with E-state index in [9.17, 15) is 9.90 Å². The van der Waals surface area contributed by atoms with Gasteiger partial charge in [0, 0.05) is 13.1 Å². The molecule has 21 heavy (non-hydrogen) atoms. The van der Waals surface area contributed by atoms with Crippen molar-refractivity contribution in [2.75, 3.05) is 18.8 Å². The third-order valence-electron chi connectivity index (χ3n) is 3.88. The van der Waals surface area contributed by atoms with Crippen LogP contribution in [0, 0.1) is 18.8 Å². The van der Waals surface area contributed by atoms with Gasteiger partial charge in [0.1, 0.15) is 5.01 Å². The normalized spacial score (nSPS) is 18.2. The summed E-state index contributed by atoms with van der Waals surface area (Å²) in [6.07, 6.45) is 1.54. The smallest absolute Gasteiger partial charge is 0.233 e. The number of aromatic nitrogens is 2. The number of rotatable bonds is 5. The molecule has 0 bridgehead atoms. The predicted octanol–water partition coefficient (Wildman–Crippen LogP) is 2.19. The van der Waals surface area contributed by atoms with E-state index in [1.54, 1.807) is 0 Å². The van der Waals surface area contributed by atoms with Crippen molar-refractivity contribution in [1.29, 1.82) is 0 Å². The van der Waals surface area contributed by atoms with Crippen molar-refractivity contribution in [3.05, 3.63) is 5.01 Å². The van der Waals surface area contributed by atoms with Gasteiger partial charge in [0.2, 0.25) is 5.91 Å². The van der Waals surface area contributed by atoms with Gasteiger partial charge in [0.15, 0.2) is 4.34 Å². The molecule has 2 heterocycles. The van der Waals surface area contributed by atoms with E-state index in [0.717, 1.165) is 35.3 Å². The summed E-state index contributed by atoms with van der Waals surface area (Å²) in [6, 6.07) is 0. The fourth-order valence-electron chi connectivity index (χ4n) is 2.59. The molecule has 1 aliphatic rings. The molecule has 0 aromatic carbocycles. The Morgan fingerprint density at radius 2 is 2.10 bits per heavy atom. The van der Waals surface area contributed by atoms with Crippen LogP contribution in [0.4, 0.5) is 0 Å². The number of carbonyl (C=O) groups excluding carboxylic acids is 1. The number of carbonyl (C=O) groups is 1. The van der Waals surface area contributed by atoms with E-state index < -0.39 is 0 Å². The Morgan fingerprint density at radius 1 is 1.43 bits per heavy atom. The molecule has 1 N–H and O–H groups in total. The van der Waals surface area contributed by atoms with Gasteiger partial charge in [-0.1, -0.05) is 36.9 Å². The highest BCUT2D eigenvalue weighted by atomic mass is 32.2. The Balaban J connectivity index is 1.75. The molecule has 5 nitrogen and oxygen atoms in total. The van der Waals surface area contributed by atoms with Crippen molar-refractivity contribution in [3.8, 4) is 0 Å². The van der Waals surface area contributed by atoms with Crippen LogP contribution in [-0.4, -0.2) is 51.1 Å². The zero-order valence-electron chi connectivity index (χ0n) is 12.8. The third-order valence-corrected chi connectivity index (χ3v) is 5.84. The molecule has 118 valence electrons. The second kappa shape index (κ2) is 7.56. The fraction of sp³-hybridized carbons (Fsp3) is 0.786. The Morgan fingerprint density at radius 3 is 2.62 bits per heavy atom. The summed E-state index contributed by atoms with van der Waals surface area (Å²) in [6.45, 7) is 7.51. The molecule has 1 fully saturated rings. The molecule has 1 saturated heterocycles. The highest BCUT2D eigenvalue weighted by Gasteiger charge is 2.28. The van der Waals surface area contributed by atoms with E-state index in [1.165, 1.54) is 23.1 Å². The molecule has 0 radical (unpaired) electrons. The minimum Gasteiger partial charge on any atom is -0.393 e. The second-order valence-electron chi connectivity index (χ2n) is 5.83. The number of piperidine rings is 1. The minimum atomic E-state index is -0.249. The first-order valence-electron chi connectivity index (χ1n) is 7.36. The number of likely N-dealkylation sites (tertiary alicyclic amines) is 1. The number of hydrogen-bond donors (Lipinski definition) is 1. The van der Waals surface area contributed by atoms with Crippen LogP contribution >= 0.6 is 23.1 Å². The molecule has 1 aromatic heterocycles. The zero-order valence-corrected chi connectivity index (χ0v) is 14.4. The van der Waals surface area contributed by atoms with Crippen molar-refractivity contribution in [3.63, 3.8) is 0 Å². The molecule has 0 saturated carbocycles. The average Bonchev–Trinajstić information content (AvgIpc) is 2.89. The van der Waals surface area contributed by atoms with Gasteiger partial charge in [0.05, 0.1) is 11.9 Å². The number of thioether (sulfide) groups is 1. The lowest BCUT2D eigenvalue weighted by molar-refractivity contribution is -0.130. The van der Waals surface area contributed by atoms with Gasteiger partial charge in [-0.05, 0) is 31.6 Å². The number of aryl methyl sites for hydroxylation is 1. The summed E-state index contributed by atoms with van der Waals surface area (Å²) in [7, 11) is 0. The molecule has 1 aliphatic heterocycles. The summed E-state index contributed by atoms with van der Waals surface area (Å²) >= 11 is 2.98. The molecule has 0 spiro atoms. The number of amides is 1. The number of aliphatic hydroxyl groups is 1.